The van der Waals surface area contributed by atoms with Crippen molar-refractivity contribution in [2.75, 3.05) is 26.2 Å². The fourth-order valence-electron chi connectivity index (χ4n) is 3.04. The Bertz CT molecular complexity index is 268. The van der Waals surface area contributed by atoms with Crippen LogP contribution in [0, 0.1) is 11.8 Å². The lowest BCUT2D eigenvalue weighted by atomic mass is 9.94. The van der Waals surface area contributed by atoms with Crippen LogP contribution >= 0.6 is 0 Å². The van der Waals surface area contributed by atoms with Crippen LogP contribution in [0.5, 0.6) is 0 Å². The smallest absolute Gasteiger partial charge is 0.220 e. The highest BCUT2D eigenvalue weighted by Crippen LogP contribution is 2.16. The Morgan fingerprint density at radius 1 is 1.47 bits per heavy atom. The van der Waals surface area contributed by atoms with E-state index in [1.807, 2.05) is 0 Å². The molecule has 1 amide bonds. The highest BCUT2D eigenvalue weighted by Gasteiger charge is 2.23. The second kappa shape index (κ2) is 8.54. The van der Waals surface area contributed by atoms with Crippen molar-refractivity contribution < 1.29 is 4.79 Å². The molecule has 1 aliphatic heterocycles. The molecule has 1 fully saturated rings. The molecule has 0 aliphatic carbocycles. The number of nitrogens with two attached hydrogens (primary N) is 1. The lowest BCUT2D eigenvalue weighted by Crippen LogP contribution is -2.40. The predicted molar refractivity (Wildman–Crippen MR) is 79.9 cm³/mol. The molecule has 4 nitrogen and oxygen atoms in total. The van der Waals surface area contributed by atoms with E-state index >= 15 is 0 Å². The second-order valence-corrected chi connectivity index (χ2v) is 6.16. The number of carbonyl (C=O) groups excluding carboxylic acids is 1. The molecule has 0 spiro atoms. The minimum absolute atomic E-state index is 0.166. The molecule has 112 valence electrons. The number of hydrogen-bond donors (Lipinski definition) is 2. The maximum absolute atomic E-state index is 12.0. The fraction of sp³-hybridized carbons (Fsp3) is 0.933. The van der Waals surface area contributed by atoms with Crippen molar-refractivity contribution in [3.63, 3.8) is 0 Å². The second-order valence-electron chi connectivity index (χ2n) is 6.16. The largest absolute Gasteiger partial charge is 0.355 e. The molecule has 0 aromatic rings. The number of nitrogens with zero attached hydrogens (tertiary/aromatic N) is 1. The van der Waals surface area contributed by atoms with Crippen molar-refractivity contribution >= 4 is 5.91 Å². The van der Waals surface area contributed by atoms with Crippen LogP contribution in [0.3, 0.4) is 0 Å². The summed E-state index contributed by atoms with van der Waals surface area (Å²) in [5, 5.41) is 3.09. The Morgan fingerprint density at radius 3 is 2.79 bits per heavy atom. The summed E-state index contributed by atoms with van der Waals surface area (Å²) in [6, 6.07) is 0.537. The van der Waals surface area contributed by atoms with Gasteiger partial charge in [-0.1, -0.05) is 20.8 Å². The molecule has 4 heteroatoms. The van der Waals surface area contributed by atoms with Crippen LogP contribution in [0.2, 0.25) is 0 Å². The van der Waals surface area contributed by atoms with Crippen LogP contribution in [0.4, 0.5) is 0 Å². The van der Waals surface area contributed by atoms with Gasteiger partial charge >= 0.3 is 0 Å². The van der Waals surface area contributed by atoms with Crippen LogP contribution in [-0.4, -0.2) is 43.0 Å². The molecule has 0 bridgehead atoms. The summed E-state index contributed by atoms with van der Waals surface area (Å²) in [6.07, 6.45) is 4.08. The Balaban J connectivity index is 2.26. The zero-order valence-electron chi connectivity index (χ0n) is 12.8. The number of amides is 1. The summed E-state index contributed by atoms with van der Waals surface area (Å²) in [4.78, 5) is 14.4. The van der Waals surface area contributed by atoms with Crippen LogP contribution in [0.15, 0.2) is 0 Å². The van der Waals surface area contributed by atoms with Gasteiger partial charge in [0, 0.05) is 19.0 Å². The molecule has 1 rings (SSSR count). The molecular formula is C15H31N3O. The van der Waals surface area contributed by atoms with Gasteiger partial charge in [0.25, 0.3) is 0 Å². The minimum Gasteiger partial charge on any atom is -0.355 e. The molecule has 0 saturated carbocycles. The fourth-order valence-corrected chi connectivity index (χ4v) is 3.04. The van der Waals surface area contributed by atoms with Crippen LogP contribution in [-0.2, 0) is 4.79 Å². The highest BCUT2D eigenvalue weighted by atomic mass is 16.1. The van der Waals surface area contributed by atoms with Crippen molar-refractivity contribution in [2.24, 2.45) is 17.6 Å². The summed E-state index contributed by atoms with van der Waals surface area (Å²) in [5.74, 6) is 1.09. The maximum Gasteiger partial charge on any atom is 0.220 e. The molecule has 2 atom stereocenters. The van der Waals surface area contributed by atoms with Gasteiger partial charge in [0.05, 0.1) is 0 Å². The summed E-state index contributed by atoms with van der Waals surface area (Å²) < 4.78 is 0. The first-order chi connectivity index (χ1) is 9.06. The Hall–Kier alpha value is -0.610. The highest BCUT2D eigenvalue weighted by molar-refractivity contribution is 5.76. The van der Waals surface area contributed by atoms with Gasteiger partial charge in [0.1, 0.15) is 0 Å². The lowest BCUT2D eigenvalue weighted by Gasteiger charge is -2.23. The van der Waals surface area contributed by atoms with Gasteiger partial charge in [0.15, 0.2) is 0 Å². The van der Waals surface area contributed by atoms with Gasteiger partial charge in [-0.25, -0.2) is 0 Å². The van der Waals surface area contributed by atoms with Crippen LogP contribution in [0.25, 0.3) is 0 Å². The Kier molecular flexibility index (Phi) is 7.39. The molecule has 1 heterocycles. The molecule has 1 aliphatic rings. The van der Waals surface area contributed by atoms with E-state index in [0.29, 0.717) is 30.8 Å². The monoisotopic (exact) mass is 269 g/mol. The SMILES string of the molecule is CCN1CCCC1CNC(=O)C[C@@H](CN)CC(C)C. The van der Waals surface area contributed by atoms with E-state index in [1.165, 1.54) is 19.4 Å². The van der Waals surface area contributed by atoms with E-state index < -0.39 is 0 Å². The third kappa shape index (κ3) is 5.91. The van der Waals surface area contributed by atoms with Gasteiger partial charge < -0.3 is 11.1 Å². The third-order valence-corrected chi connectivity index (χ3v) is 4.05. The summed E-state index contributed by atoms with van der Waals surface area (Å²) in [5.41, 5.74) is 5.74. The molecule has 1 unspecified atom stereocenters. The molecule has 0 aromatic carbocycles. The van der Waals surface area contributed by atoms with Gasteiger partial charge in [-0.15, -0.1) is 0 Å². The van der Waals surface area contributed by atoms with Gasteiger partial charge in [-0.3, -0.25) is 9.69 Å². The van der Waals surface area contributed by atoms with Crippen molar-refractivity contribution in [3.05, 3.63) is 0 Å². The number of hydrogen-bond acceptors (Lipinski definition) is 3. The van der Waals surface area contributed by atoms with E-state index in [-0.39, 0.29) is 5.91 Å². The molecule has 0 aromatic heterocycles. The number of nitrogens with one attached hydrogen (secondary N) is 1. The zero-order valence-corrected chi connectivity index (χ0v) is 12.8. The number of likely N-dealkylation sites (N-methyl/N-ethyl adjacent to an activating group) is 1. The first-order valence-corrected chi connectivity index (χ1v) is 7.77. The topological polar surface area (TPSA) is 58.4 Å². The van der Waals surface area contributed by atoms with Crippen molar-refractivity contribution in [1.82, 2.24) is 10.2 Å². The van der Waals surface area contributed by atoms with E-state index in [9.17, 15) is 4.79 Å². The van der Waals surface area contributed by atoms with Crippen molar-refractivity contribution in [3.8, 4) is 0 Å². The molecular weight excluding hydrogens is 238 g/mol. The normalized spacial score (nSPS) is 21.8. The molecule has 3 N–H and O–H groups in total. The van der Waals surface area contributed by atoms with Crippen molar-refractivity contribution in [1.29, 1.82) is 0 Å². The molecule has 0 radical (unpaired) electrons. The van der Waals surface area contributed by atoms with E-state index in [2.05, 4.69) is 31.0 Å². The number of carbonyl (C=O) groups is 1. The lowest BCUT2D eigenvalue weighted by molar-refractivity contribution is -0.122. The predicted octanol–water partition coefficient (Wildman–Crippen LogP) is 1.60. The first-order valence-electron chi connectivity index (χ1n) is 7.77. The van der Waals surface area contributed by atoms with E-state index in [1.54, 1.807) is 0 Å². The van der Waals surface area contributed by atoms with E-state index in [4.69, 9.17) is 5.73 Å². The Labute approximate surface area is 118 Å². The van der Waals surface area contributed by atoms with Crippen LogP contribution < -0.4 is 11.1 Å². The van der Waals surface area contributed by atoms with Crippen molar-refractivity contribution in [2.45, 2.75) is 52.5 Å². The standard InChI is InChI=1S/C15H31N3O/c1-4-18-7-5-6-14(18)11-17-15(19)9-13(10-16)8-12(2)3/h12-14H,4-11,16H2,1-3H3,(H,17,19)/t13-,14?/m0/s1. The summed E-state index contributed by atoms with van der Waals surface area (Å²) in [6.45, 7) is 10.2. The average Bonchev–Trinajstić information content (AvgIpc) is 2.82. The maximum atomic E-state index is 12.0. The Morgan fingerprint density at radius 2 is 2.21 bits per heavy atom. The molecule has 1 saturated heterocycles. The number of rotatable bonds is 8. The van der Waals surface area contributed by atoms with Gasteiger partial charge in [-0.05, 0) is 50.7 Å². The number of likely N-dealkylation sites (tertiary alicyclic amines) is 1. The van der Waals surface area contributed by atoms with Gasteiger partial charge in [-0.2, -0.15) is 0 Å². The summed E-state index contributed by atoms with van der Waals surface area (Å²) >= 11 is 0. The van der Waals surface area contributed by atoms with Crippen LogP contribution in [0.1, 0.15) is 46.5 Å². The zero-order chi connectivity index (χ0) is 14.3. The third-order valence-electron chi connectivity index (χ3n) is 4.05. The minimum atomic E-state index is 0.166. The first kappa shape index (κ1) is 16.4. The van der Waals surface area contributed by atoms with Gasteiger partial charge in [0.2, 0.25) is 5.91 Å². The average molecular weight is 269 g/mol. The molecule has 19 heavy (non-hydrogen) atoms. The van der Waals surface area contributed by atoms with E-state index in [0.717, 1.165) is 19.5 Å². The quantitative estimate of drug-likeness (QED) is 0.703. The summed E-state index contributed by atoms with van der Waals surface area (Å²) in [7, 11) is 0.